The van der Waals surface area contributed by atoms with Gasteiger partial charge in [-0.1, -0.05) is 309 Å². The van der Waals surface area contributed by atoms with Crippen LogP contribution in [0.2, 0.25) is 0 Å². The van der Waals surface area contributed by atoms with Gasteiger partial charge in [0.05, 0.1) is 26.4 Å². The molecule has 19 heteroatoms. The molecular formula is C87H148O17P2. The molecule has 0 rings (SSSR count). The standard InChI is InChI=1S/C87H148O17P2/c1-5-9-13-17-21-25-29-33-36-38-40-42-45-49-53-57-61-65-69-73-86(91)103-82(77-97-84(89)71-67-63-59-55-51-47-32-28-24-20-16-12-8-4)79-101-105(93,94)99-75-81(88)76-100-106(95,96)102-80-83(78-98-85(90)72-68-64-60-56-52-48-44-35-31-27-23-19-15-11-7-3)104-87(92)74-70-66-62-58-54-50-46-43-41-39-37-34-30-26-22-18-14-10-6-2/h10,14,21-22,25-26,33-37,40-44,49-50,53-54,61,65,81-83,88H,5-9,11-13,15-20,23-24,27-32,38-39,45-48,51-52,55-60,62-64,66-80H2,1-4H3,(H,93,94)(H,95,96)/b14-10-,25-21-,26-22-,36-33-,37-34-,42-40-,43-41-,44-35-,53-49-,54-50-,65-61-/t81-,82+,83+/m0/s1. The lowest BCUT2D eigenvalue weighted by Crippen LogP contribution is -2.30. The minimum atomic E-state index is -5.00. The number of esters is 4. The zero-order valence-corrected chi connectivity index (χ0v) is 68.4. The van der Waals surface area contributed by atoms with Crippen LogP contribution in [0.25, 0.3) is 0 Å². The Labute approximate surface area is 644 Å². The number of unbranched alkanes of at least 4 members (excludes halogenated alkanes) is 29. The predicted octanol–water partition coefficient (Wildman–Crippen LogP) is 24.4. The molecule has 0 spiro atoms. The molecular weight excluding hydrogens is 1380 g/mol. The Hall–Kier alpha value is -4.80. The van der Waals surface area contributed by atoms with E-state index in [4.69, 9.17) is 37.0 Å². The van der Waals surface area contributed by atoms with Crippen molar-refractivity contribution in [3.8, 4) is 0 Å². The number of phosphoric ester groups is 2. The molecule has 0 aromatic carbocycles. The smallest absolute Gasteiger partial charge is 0.462 e. The molecule has 0 heterocycles. The molecule has 0 aromatic heterocycles. The van der Waals surface area contributed by atoms with Gasteiger partial charge in [-0.05, 0) is 135 Å². The van der Waals surface area contributed by atoms with E-state index < -0.39 is 97.5 Å². The average molecular weight is 1530 g/mol. The third-order valence-electron chi connectivity index (χ3n) is 17.1. The highest BCUT2D eigenvalue weighted by atomic mass is 31.2. The van der Waals surface area contributed by atoms with Crippen molar-refractivity contribution in [1.29, 1.82) is 0 Å². The van der Waals surface area contributed by atoms with Crippen molar-refractivity contribution in [3.05, 3.63) is 134 Å². The third-order valence-corrected chi connectivity index (χ3v) is 19.0. The van der Waals surface area contributed by atoms with E-state index in [9.17, 15) is 43.2 Å². The summed E-state index contributed by atoms with van der Waals surface area (Å²) < 4.78 is 68.6. The number of allylic oxidation sites excluding steroid dienone is 22. The first-order valence-corrected chi connectivity index (χ1v) is 44.4. The summed E-state index contributed by atoms with van der Waals surface area (Å²) >= 11 is 0. The van der Waals surface area contributed by atoms with Crippen LogP contribution in [0.4, 0.5) is 0 Å². The van der Waals surface area contributed by atoms with Crippen molar-refractivity contribution in [2.24, 2.45) is 0 Å². The van der Waals surface area contributed by atoms with Crippen molar-refractivity contribution >= 4 is 39.5 Å². The van der Waals surface area contributed by atoms with Crippen molar-refractivity contribution in [1.82, 2.24) is 0 Å². The number of ether oxygens (including phenoxy) is 4. The maximum Gasteiger partial charge on any atom is 0.472 e. The fraction of sp³-hybridized carbons (Fsp3) is 0.701. The predicted molar refractivity (Wildman–Crippen MR) is 436 cm³/mol. The Kier molecular flexibility index (Phi) is 74.8. The van der Waals surface area contributed by atoms with Crippen LogP contribution in [0.5, 0.6) is 0 Å². The highest BCUT2D eigenvalue weighted by molar-refractivity contribution is 7.47. The van der Waals surface area contributed by atoms with Crippen LogP contribution in [0, 0.1) is 0 Å². The minimum absolute atomic E-state index is 0.0299. The maximum absolute atomic E-state index is 13.1. The van der Waals surface area contributed by atoms with Crippen LogP contribution in [0.15, 0.2) is 134 Å². The van der Waals surface area contributed by atoms with Gasteiger partial charge in [0.2, 0.25) is 0 Å². The SMILES string of the molecule is CC/C=C\C/C=C\C/C=C\C/C=C\C/C=C\CCCCCC(=O)O[C@H](COC(=O)CCCCCCC/C=C\CCCCCCCC)COP(=O)(O)OC[C@@H](O)COP(=O)(O)OC[C@@H](COC(=O)CCCCCCCCCCCCCCC)OC(=O)CC/C=C\C/C=C\C/C=C\C/C=C\C/C=C\CCCCC. The van der Waals surface area contributed by atoms with E-state index in [0.717, 1.165) is 141 Å². The lowest BCUT2D eigenvalue weighted by atomic mass is 10.0. The van der Waals surface area contributed by atoms with Crippen LogP contribution in [0.3, 0.4) is 0 Å². The Morgan fingerprint density at radius 2 is 0.509 bits per heavy atom. The normalized spacial score (nSPS) is 14.5. The van der Waals surface area contributed by atoms with E-state index in [-0.39, 0.29) is 25.7 Å². The number of aliphatic hydroxyl groups is 1. The molecule has 0 amide bonds. The zero-order chi connectivity index (χ0) is 77.4. The summed E-state index contributed by atoms with van der Waals surface area (Å²) in [6.07, 6.45) is 88.7. The van der Waals surface area contributed by atoms with Gasteiger partial charge in [0, 0.05) is 25.7 Å². The number of carbonyl (C=O) groups is 4. The van der Waals surface area contributed by atoms with Crippen LogP contribution < -0.4 is 0 Å². The molecule has 0 saturated heterocycles. The van der Waals surface area contributed by atoms with Gasteiger partial charge in [-0.3, -0.25) is 37.3 Å². The van der Waals surface area contributed by atoms with E-state index in [1.165, 1.54) is 109 Å². The highest BCUT2D eigenvalue weighted by Crippen LogP contribution is 2.45. The molecule has 0 saturated carbocycles. The summed E-state index contributed by atoms with van der Waals surface area (Å²) in [5, 5.41) is 10.7. The largest absolute Gasteiger partial charge is 0.472 e. The second kappa shape index (κ2) is 78.3. The Bertz CT molecular complexity index is 2530. The van der Waals surface area contributed by atoms with E-state index in [1.807, 2.05) is 18.2 Å². The first kappa shape index (κ1) is 101. The van der Waals surface area contributed by atoms with Gasteiger partial charge in [0.1, 0.15) is 19.3 Å². The topological polar surface area (TPSA) is 237 Å². The molecule has 0 fully saturated rings. The fourth-order valence-corrected chi connectivity index (χ4v) is 12.4. The van der Waals surface area contributed by atoms with Crippen molar-refractivity contribution in [2.75, 3.05) is 39.6 Å². The molecule has 3 N–H and O–H groups in total. The van der Waals surface area contributed by atoms with Gasteiger partial charge in [-0.15, -0.1) is 0 Å². The molecule has 0 aliphatic heterocycles. The van der Waals surface area contributed by atoms with E-state index in [2.05, 4.69) is 143 Å². The minimum Gasteiger partial charge on any atom is -0.462 e. The molecule has 0 bridgehead atoms. The quantitative estimate of drug-likeness (QED) is 0.0169. The third kappa shape index (κ3) is 77.4. The van der Waals surface area contributed by atoms with Crippen LogP contribution in [-0.2, 0) is 65.4 Å². The summed E-state index contributed by atoms with van der Waals surface area (Å²) in [7, 11) is -10.0. The molecule has 0 aromatic rings. The molecule has 0 aliphatic carbocycles. The van der Waals surface area contributed by atoms with E-state index in [0.29, 0.717) is 32.1 Å². The Morgan fingerprint density at radius 3 is 0.849 bits per heavy atom. The number of aliphatic hydroxyl groups excluding tert-OH is 1. The molecule has 17 nitrogen and oxygen atoms in total. The van der Waals surface area contributed by atoms with Gasteiger partial charge in [0.25, 0.3) is 0 Å². The molecule has 608 valence electrons. The zero-order valence-electron chi connectivity index (χ0n) is 66.6. The van der Waals surface area contributed by atoms with Gasteiger partial charge < -0.3 is 33.8 Å². The second-order valence-electron chi connectivity index (χ2n) is 27.3. The lowest BCUT2D eigenvalue weighted by Gasteiger charge is -2.21. The van der Waals surface area contributed by atoms with Crippen LogP contribution in [-0.4, -0.2) is 96.7 Å². The molecule has 0 aliphatic rings. The Balaban J connectivity index is 5.47. The fourth-order valence-electron chi connectivity index (χ4n) is 10.8. The number of phosphoric acid groups is 2. The van der Waals surface area contributed by atoms with E-state index >= 15 is 0 Å². The monoisotopic (exact) mass is 1530 g/mol. The maximum atomic E-state index is 13.1. The Morgan fingerprint density at radius 1 is 0.274 bits per heavy atom. The first-order valence-electron chi connectivity index (χ1n) is 41.4. The first-order chi connectivity index (χ1) is 51.7. The van der Waals surface area contributed by atoms with Crippen LogP contribution in [0.1, 0.15) is 336 Å². The van der Waals surface area contributed by atoms with Crippen molar-refractivity contribution in [2.45, 2.75) is 354 Å². The lowest BCUT2D eigenvalue weighted by molar-refractivity contribution is -0.161. The number of rotatable bonds is 77. The highest BCUT2D eigenvalue weighted by Gasteiger charge is 2.30. The number of hydrogen-bond donors (Lipinski definition) is 3. The van der Waals surface area contributed by atoms with Crippen molar-refractivity contribution < 1.29 is 80.2 Å². The molecule has 106 heavy (non-hydrogen) atoms. The number of hydrogen-bond acceptors (Lipinski definition) is 15. The number of carbonyl (C=O) groups excluding carboxylic acids is 4. The summed E-state index contributed by atoms with van der Waals surface area (Å²) in [6, 6.07) is 0. The summed E-state index contributed by atoms with van der Waals surface area (Å²) in [6.45, 7) is 4.62. The van der Waals surface area contributed by atoms with Gasteiger partial charge >= 0.3 is 39.5 Å². The summed E-state index contributed by atoms with van der Waals surface area (Å²) in [5.41, 5.74) is 0. The second-order valence-corrected chi connectivity index (χ2v) is 30.2. The molecule has 2 unspecified atom stereocenters. The van der Waals surface area contributed by atoms with Gasteiger partial charge in [-0.2, -0.15) is 0 Å². The summed E-state index contributed by atoms with van der Waals surface area (Å²) in [4.78, 5) is 73.1. The van der Waals surface area contributed by atoms with E-state index in [1.54, 1.807) is 0 Å². The van der Waals surface area contributed by atoms with Crippen molar-refractivity contribution in [3.63, 3.8) is 0 Å². The molecule has 0 radical (unpaired) electrons. The van der Waals surface area contributed by atoms with Gasteiger partial charge in [0.15, 0.2) is 12.2 Å². The average Bonchev–Trinajstić information content (AvgIpc) is 1.23. The summed E-state index contributed by atoms with van der Waals surface area (Å²) in [5.74, 6) is -2.31. The van der Waals surface area contributed by atoms with Gasteiger partial charge in [-0.25, -0.2) is 9.13 Å². The van der Waals surface area contributed by atoms with Crippen LogP contribution >= 0.6 is 15.6 Å². The molecule has 5 atom stereocenters.